The van der Waals surface area contributed by atoms with Crippen LogP contribution in [-0.4, -0.2) is 22.4 Å². The summed E-state index contributed by atoms with van der Waals surface area (Å²) in [7, 11) is 0. The summed E-state index contributed by atoms with van der Waals surface area (Å²) in [4.78, 5) is 26.1. The number of aromatic nitrogens is 1. The van der Waals surface area contributed by atoms with Crippen molar-refractivity contribution in [3.05, 3.63) is 57.4 Å². The number of benzene rings is 2. The second-order valence-electron chi connectivity index (χ2n) is 4.84. The number of amides is 1. The van der Waals surface area contributed by atoms with Crippen LogP contribution in [0.5, 0.6) is 5.75 Å². The van der Waals surface area contributed by atoms with Crippen molar-refractivity contribution in [1.82, 2.24) is 4.98 Å². The molecule has 0 aliphatic heterocycles. The summed E-state index contributed by atoms with van der Waals surface area (Å²) in [6, 6.07) is 7.80. The van der Waals surface area contributed by atoms with Crippen molar-refractivity contribution < 1.29 is 18.8 Å². The lowest BCUT2D eigenvalue weighted by Crippen LogP contribution is -2.20. The Morgan fingerprint density at radius 2 is 2.16 bits per heavy atom. The third-order valence-electron chi connectivity index (χ3n) is 3.08. The average molecular weight is 382 g/mol. The number of hydrogen-bond donors (Lipinski definition) is 1. The molecular weight excluding hydrogens is 373 g/mol. The molecule has 1 N–H and O–H groups in total. The number of anilines is 1. The Bertz CT molecular complexity index is 979. The molecule has 1 aromatic heterocycles. The van der Waals surface area contributed by atoms with E-state index in [0.29, 0.717) is 15.3 Å². The first kappa shape index (κ1) is 17.1. The van der Waals surface area contributed by atoms with Crippen molar-refractivity contribution in [2.24, 2.45) is 0 Å². The van der Waals surface area contributed by atoms with Gasteiger partial charge in [-0.25, -0.2) is 9.37 Å². The molecule has 3 rings (SSSR count). The van der Waals surface area contributed by atoms with Crippen LogP contribution in [0.3, 0.4) is 0 Å². The highest BCUT2D eigenvalue weighted by atomic mass is 35.5. The fourth-order valence-electron chi connectivity index (χ4n) is 1.97. The minimum Gasteiger partial charge on any atom is -0.482 e. The molecule has 0 fully saturated rings. The predicted molar refractivity (Wildman–Crippen MR) is 91.8 cm³/mol. The second-order valence-corrected chi connectivity index (χ2v) is 6.28. The monoisotopic (exact) mass is 381 g/mol. The normalized spacial score (nSPS) is 10.6. The fourth-order valence-corrected chi connectivity index (χ4v) is 3.11. The van der Waals surface area contributed by atoms with Gasteiger partial charge in [-0.15, -0.1) is 0 Å². The molecular formula is C15H9ClFN3O4S. The zero-order valence-electron chi connectivity index (χ0n) is 12.4. The Morgan fingerprint density at radius 3 is 2.88 bits per heavy atom. The van der Waals surface area contributed by atoms with E-state index in [2.05, 4.69) is 10.3 Å². The number of nitro groups is 1. The summed E-state index contributed by atoms with van der Waals surface area (Å²) in [5.41, 5.74) is 0.393. The SMILES string of the molecule is O=C(COc1ccc([N+](=O)[O-])cc1Cl)Nc1nc2ccc(F)cc2s1. The second kappa shape index (κ2) is 6.99. The van der Waals surface area contributed by atoms with Crippen molar-refractivity contribution in [3.63, 3.8) is 0 Å². The molecule has 25 heavy (non-hydrogen) atoms. The number of nitrogens with zero attached hydrogens (tertiary/aromatic N) is 2. The quantitative estimate of drug-likeness (QED) is 0.532. The van der Waals surface area contributed by atoms with Gasteiger partial charge in [0.25, 0.3) is 11.6 Å². The molecule has 0 aliphatic carbocycles. The molecule has 1 amide bonds. The number of ether oxygens (including phenoxy) is 1. The Hall–Kier alpha value is -2.78. The highest BCUT2D eigenvalue weighted by Crippen LogP contribution is 2.29. The highest BCUT2D eigenvalue weighted by Gasteiger charge is 2.13. The van der Waals surface area contributed by atoms with Crippen LogP contribution in [-0.2, 0) is 4.79 Å². The molecule has 0 radical (unpaired) electrons. The summed E-state index contributed by atoms with van der Waals surface area (Å²) >= 11 is 7.01. The summed E-state index contributed by atoms with van der Waals surface area (Å²) in [6.07, 6.45) is 0. The average Bonchev–Trinajstić information content (AvgIpc) is 2.94. The van der Waals surface area contributed by atoms with Gasteiger partial charge < -0.3 is 4.74 Å². The minimum atomic E-state index is -0.585. The molecule has 0 saturated carbocycles. The number of halogens is 2. The zero-order chi connectivity index (χ0) is 18.0. The summed E-state index contributed by atoms with van der Waals surface area (Å²) in [5, 5.41) is 13.5. The van der Waals surface area contributed by atoms with Crippen LogP contribution >= 0.6 is 22.9 Å². The Morgan fingerprint density at radius 1 is 1.36 bits per heavy atom. The zero-order valence-corrected chi connectivity index (χ0v) is 13.9. The molecule has 0 spiro atoms. The van der Waals surface area contributed by atoms with E-state index in [0.717, 1.165) is 17.4 Å². The molecule has 0 aliphatic rings. The van der Waals surface area contributed by atoms with Crippen LogP contribution in [0.1, 0.15) is 0 Å². The van der Waals surface area contributed by atoms with Crippen molar-refractivity contribution in [1.29, 1.82) is 0 Å². The number of nitro benzene ring substituents is 1. The van der Waals surface area contributed by atoms with E-state index < -0.39 is 10.8 Å². The third-order valence-corrected chi connectivity index (χ3v) is 4.31. The van der Waals surface area contributed by atoms with Gasteiger partial charge in [0.1, 0.15) is 11.6 Å². The number of thiazole rings is 1. The van der Waals surface area contributed by atoms with Gasteiger partial charge in [-0.05, 0) is 24.3 Å². The largest absolute Gasteiger partial charge is 0.482 e. The van der Waals surface area contributed by atoms with Gasteiger partial charge in [0.2, 0.25) is 0 Å². The van der Waals surface area contributed by atoms with Gasteiger partial charge in [0.05, 0.1) is 20.2 Å². The Balaban J connectivity index is 1.63. The molecule has 1 heterocycles. The van der Waals surface area contributed by atoms with Crippen molar-refractivity contribution in [2.75, 3.05) is 11.9 Å². The van der Waals surface area contributed by atoms with Gasteiger partial charge in [-0.2, -0.15) is 0 Å². The molecule has 0 bridgehead atoms. The number of fused-ring (bicyclic) bond motifs is 1. The van der Waals surface area contributed by atoms with E-state index in [-0.39, 0.29) is 28.9 Å². The van der Waals surface area contributed by atoms with Gasteiger partial charge in [0.15, 0.2) is 11.7 Å². The number of non-ortho nitro benzene ring substituents is 1. The number of rotatable bonds is 5. The fraction of sp³-hybridized carbons (Fsp3) is 0.0667. The van der Waals surface area contributed by atoms with E-state index in [1.807, 2.05) is 0 Å². The topological polar surface area (TPSA) is 94.4 Å². The van der Waals surface area contributed by atoms with Crippen LogP contribution in [0.2, 0.25) is 5.02 Å². The lowest BCUT2D eigenvalue weighted by Gasteiger charge is -2.07. The smallest absolute Gasteiger partial charge is 0.271 e. The van der Waals surface area contributed by atoms with Crippen LogP contribution in [0.4, 0.5) is 15.2 Å². The molecule has 10 heteroatoms. The van der Waals surface area contributed by atoms with Crippen molar-refractivity contribution >= 4 is 49.9 Å². The number of nitrogens with one attached hydrogen (secondary N) is 1. The number of carbonyl (C=O) groups is 1. The first-order chi connectivity index (χ1) is 11.9. The highest BCUT2D eigenvalue weighted by molar-refractivity contribution is 7.22. The lowest BCUT2D eigenvalue weighted by atomic mass is 10.3. The minimum absolute atomic E-state index is 0.0254. The third kappa shape index (κ3) is 4.01. The van der Waals surface area contributed by atoms with Gasteiger partial charge in [0, 0.05) is 12.1 Å². The van der Waals surface area contributed by atoms with Crippen LogP contribution < -0.4 is 10.1 Å². The van der Waals surface area contributed by atoms with Crippen LogP contribution in [0.25, 0.3) is 10.2 Å². The standard InChI is InChI=1S/C15H9ClFN3O4S/c16-10-6-9(20(22)23)2-4-12(10)24-7-14(21)19-15-18-11-3-1-8(17)5-13(11)25-15/h1-6H,7H2,(H,18,19,21). The molecule has 0 atom stereocenters. The molecule has 0 unspecified atom stereocenters. The summed E-state index contributed by atoms with van der Waals surface area (Å²) < 4.78 is 19.0. The van der Waals surface area contributed by atoms with Gasteiger partial charge >= 0.3 is 0 Å². The van der Waals surface area contributed by atoms with E-state index >= 15 is 0 Å². The maximum absolute atomic E-state index is 13.1. The molecule has 2 aromatic carbocycles. The van der Waals surface area contributed by atoms with Crippen molar-refractivity contribution in [2.45, 2.75) is 0 Å². The number of hydrogen-bond acceptors (Lipinski definition) is 6. The Kier molecular flexibility index (Phi) is 4.77. The maximum atomic E-state index is 13.1. The van der Waals surface area contributed by atoms with Crippen LogP contribution in [0, 0.1) is 15.9 Å². The summed E-state index contributed by atoms with van der Waals surface area (Å²) in [6.45, 7) is -0.359. The van der Waals surface area contributed by atoms with Crippen LogP contribution in [0.15, 0.2) is 36.4 Å². The van der Waals surface area contributed by atoms with Crippen molar-refractivity contribution in [3.8, 4) is 5.75 Å². The van der Waals surface area contributed by atoms with E-state index in [1.165, 1.54) is 30.3 Å². The molecule has 3 aromatic rings. The first-order valence-electron chi connectivity index (χ1n) is 6.85. The van der Waals surface area contributed by atoms with E-state index in [9.17, 15) is 19.3 Å². The predicted octanol–water partition coefficient (Wildman–Crippen LogP) is 4.01. The maximum Gasteiger partial charge on any atom is 0.271 e. The lowest BCUT2D eigenvalue weighted by molar-refractivity contribution is -0.384. The molecule has 128 valence electrons. The number of carbonyl (C=O) groups excluding carboxylic acids is 1. The molecule has 7 nitrogen and oxygen atoms in total. The van der Waals surface area contributed by atoms with Gasteiger partial charge in [-0.1, -0.05) is 22.9 Å². The Labute approximate surface area is 149 Å². The summed E-state index contributed by atoms with van der Waals surface area (Å²) in [5.74, 6) is -0.729. The first-order valence-corrected chi connectivity index (χ1v) is 8.04. The van der Waals surface area contributed by atoms with E-state index in [1.54, 1.807) is 0 Å². The van der Waals surface area contributed by atoms with E-state index in [4.69, 9.17) is 16.3 Å². The molecule has 0 saturated heterocycles. The van der Waals surface area contributed by atoms with Gasteiger partial charge in [-0.3, -0.25) is 20.2 Å².